The van der Waals surface area contributed by atoms with E-state index < -0.39 is 6.29 Å². The van der Waals surface area contributed by atoms with Crippen LogP contribution in [0, 0.1) is 0 Å². The predicted octanol–water partition coefficient (Wildman–Crippen LogP) is 4.12. The van der Waals surface area contributed by atoms with E-state index in [9.17, 15) is 8.78 Å². The van der Waals surface area contributed by atoms with E-state index in [0.717, 1.165) is 47.4 Å². The fourth-order valence-electron chi connectivity index (χ4n) is 3.28. The number of fused-ring (bicyclic) bond motifs is 3. The standard InChI is InChI=1S/C18H17F2NO3/c1-22-12-7-5-11(6-8-12)10-21-15-9-16-17(24-18(19,20)23-16)14-4-2-3-13(14)15/h5-9,21H,2-4,10H2,1H3. The van der Waals surface area contributed by atoms with Crippen LogP contribution in [0.15, 0.2) is 30.3 Å². The van der Waals surface area contributed by atoms with Gasteiger partial charge in [0.2, 0.25) is 0 Å². The van der Waals surface area contributed by atoms with Crippen LogP contribution in [0.2, 0.25) is 0 Å². The fourth-order valence-corrected chi connectivity index (χ4v) is 3.28. The van der Waals surface area contributed by atoms with Gasteiger partial charge in [-0.2, -0.15) is 0 Å². The van der Waals surface area contributed by atoms with Gasteiger partial charge in [0.05, 0.1) is 7.11 Å². The van der Waals surface area contributed by atoms with E-state index >= 15 is 0 Å². The molecule has 126 valence electrons. The number of ether oxygens (including phenoxy) is 3. The van der Waals surface area contributed by atoms with E-state index in [0.29, 0.717) is 6.54 Å². The van der Waals surface area contributed by atoms with Gasteiger partial charge in [0.25, 0.3) is 0 Å². The van der Waals surface area contributed by atoms with Crippen LogP contribution in [0.3, 0.4) is 0 Å². The number of rotatable bonds is 4. The van der Waals surface area contributed by atoms with E-state index in [4.69, 9.17) is 4.74 Å². The molecule has 1 aliphatic heterocycles. The first kappa shape index (κ1) is 15.1. The van der Waals surface area contributed by atoms with Crippen molar-refractivity contribution in [3.8, 4) is 17.2 Å². The second kappa shape index (κ2) is 5.54. The maximum atomic E-state index is 13.4. The average Bonchev–Trinajstić information content (AvgIpc) is 3.16. The molecular weight excluding hydrogens is 316 g/mol. The Bertz CT molecular complexity index is 775. The molecule has 24 heavy (non-hydrogen) atoms. The molecule has 2 aromatic carbocycles. The quantitative estimate of drug-likeness (QED) is 0.914. The minimum atomic E-state index is -3.58. The lowest BCUT2D eigenvalue weighted by Crippen LogP contribution is -2.26. The summed E-state index contributed by atoms with van der Waals surface area (Å²) in [7, 11) is 1.62. The van der Waals surface area contributed by atoms with Crippen molar-refractivity contribution in [2.24, 2.45) is 0 Å². The summed E-state index contributed by atoms with van der Waals surface area (Å²) >= 11 is 0. The smallest absolute Gasteiger partial charge is 0.497 e. The molecule has 4 nitrogen and oxygen atoms in total. The number of halogens is 2. The molecule has 0 spiro atoms. The summed E-state index contributed by atoms with van der Waals surface area (Å²) in [6.45, 7) is 0.590. The number of hydrogen-bond acceptors (Lipinski definition) is 4. The Hall–Kier alpha value is -2.50. The molecule has 0 amide bonds. The summed E-state index contributed by atoms with van der Waals surface area (Å²) in [4.78, 5) is 0. The minimum absolute atomic E-state index is 0.109. The van der Waals surface area contributed by atoms with Gasteiger partial charge in [0.1, 0.15) is 5.75 Å². The Kier molecular flexibility index (Phi) is 3.48. The largest absolute Gasteiger partial charge is 0.586 e. The van der Waals surface area contributed by atoms with Crippen LogP contribution in [0.1, 0.15) is 23.1 Å². The van der Waals surface area contributed by atoms with Gasteiger partial charge >= 0.3 is 6.29 Å². The van der Waals surface area contributed by atoms with Gasteiger partial charge in [0, 0.05) is 23.9 Å². The maximum absolute atomic E-state index is 13.4. The average molecular weight is 333 g/mol. The van der Waals surface area contributed by atoms with Gasteiger partial charge in [-0.15, -0.1) is 8.78 Å². The van der Waals surface area contributed by atoms with Crippen molar-refractivity contribution < 1.29 is 23.0 Å². The lowest BCUT2D eigenvalue weighted by atomic mass is 10.1. The summed E-state index contributed by atoms with van der Waals surface area (Å²) < 4.78 is 41.2. The molecule has 1 N–H and O–H groups in total. The first-order valence-corrected chi connectivity index (χ1v) is 7.87. The van der Waals surface area contributed by atoms with Gasteiger partial charge in [-0.1, -0.05) is 12.1 Å². The molecule has 1 heterocycles. The van der Waals surface area contributed by atoms with Crippen LogP contribution in [0.25, 0.3) is 0 Å². The zero-order valence-corrected chi connectivity index (χ0v) is 13.2. The van der Waals surface area contributed by atoms with E-state index in [1.54, 1.807) is 13.2 Å². The van der Waals surface area contributed by atoms with Crippen LogP contribution in [0.5, 0.6) is 17.2 Å². The molecule has 2 aromatic rings. The number of methoxy groups -OCH3 is 1. The first-order chi connectivity index (χ1) is 11.6. The first-order valence-electron chi connectivity index (χ1n) is 7.87. The fraction of sp³-hybridized carbons (Fsp3) is 0.333. The highest BCUT2D eigenvalue weighted by Gasteiger charge is 2.45. The van der Waals surface area contributed by atoms with Crippen LogP contribution < -0.4 is 19.5 Å². The molecule has 6 heteroatoms. The molecule has 0 saturated heterocycles. The predicted molar refractivity (Wildman–Crippen MR) is 85.0 cm³/mol. The highest BCUT2D eigenvalue weighted by Crippen LogP contribution is 2.49. The number of nitrogens with one attached hydrogen (secondary N) is 1. The van der Waals surface area contributed by atoms with E-state index in [-0.39, 0.29) is 11.5 Å². The van der Waals surface area contributed by atoms with Crippen molar-refractivity contribution in [1.82, 2.24) is 0 Å². The Labute approximate surface area is 138 Å². The lowest BCUT2D eigenvalue weighted by molar-refractivity contribution is -0.286. The molecule has 0 aromatic heterocycles. The minimum Gasteiger partial charge on any atom is -0.497 e. The Morgan fingerprint density at radius 1 is 1.12 bits per heavy atom. The normalized spacial score (nSPS) is 16.8. The van der Waals surface area contributed by atoms with Gasteiger partial charge < -0.3 is 19.5 Å². The Morgan fingerprint density at radius 3 is 2.62 bits per heavy atom. The van der Waals surface area contributed by atoms with Crippen molar-refractivity contribution in [3.05, 3.63) is 47.0 Å². The van der Waals surface area contributed by atoms with E-state index in [1.807, 2.05) is 24.3 Å². The zero-order chi connectivity index (χ0) is 16.7. The van der Waals surface area contributed by atoms with Crippen molar-refractivity contribution >= 4 is 5.69 Å². The third-order valence-corrected chi connectivity index (χ3v) is 4.41. The van der Waals surface area contributed by atoms with Crippen molar-refractivity contribution in [3.63, 3.8) is 0 Å². The van der Waals surface area contributed by atoms with Crippen LogP contribution in [0.4, 0.5) is 14.5 Å². The molecule has 4 rings (SSSR count). The molecule has 0 fully saturated rings. The lowest BCUT2D eigenvalue weighted by Gasteiger charge is -2.13. The highest BCUT2D eigenvalue weighted by molar-refractivity contribution is 5.67. The molecule has 0 atom stereocenters. The van der Waals surface area contributed by atoms with Crippen molar-refractivity contribution in [2.45, 2.75) is 32.1 Å². The van der Waals surface area contributed by atoms with Crippen LogP contribution in [-0.2, 0) is 19.4 Å². The molecule has 2 aliphatic rings. The summed E-state index contributed by atoms with van der Waals surface area (Å²) in [6, 6.07) is 9.33. The summed E-state index contributed by atoms with van der Waals surface area (Å²) in [5.41, 5.74) is 3.79. The van der Waals surface area contributed by atoms with Gasteiger partial charge in [-0.25, -0.2) is 0 Å². The molecule has 0 saturated carbocycles. The monoisotopic (exact) mass is 333 g/mol. The van der Waals surface area contributed by atoms with Gasteiger partial charge in [-0.05, 0) is 42.5 Å². The maximum Gasteiger partial charge on any atom is 0.586 e. The third kappa shape index (κ3) is 2.62. The second-order valence-corrected chi connectivity index (χ2v) is 5.93. The molecule has 0 radical (unpaired) electrons. The number of hydrogen-bond donors (Lipinski definition) is 1. The van der Waals surface area contributed by atoms with Gasteiger partial charge in [-0.3, -0.25) is 0 Å². The highest BCUT2D eigenvalue weighted by atomic mass is 19.3. The van der Waals surface area contributed by atoms with Crippen LogP contribution in [-0.4, -0.2) is 13.4 Å². The summed E-state index contributed by atoms with van der Waals surface area (Å²) in [5.74, 6) is 1.10. The summed E-state index contributed by atoms with van der Waals surface area (Å²) in [5, 5.41) is 3.33. The molecular formula is C18H17F2NO3. The summed E-state index contributed by atoms with van der Waals surface area (Å²) in [6.07, 6.45) is -1.07. The molecule has 1 aliphatic carbocycles. The molecule has 0 unspecified atom stereocenters. The second-order valence-electron chi connectivity index (χ2n) is 5.93. The van der Waals surface area contributed by atoms with Gasteiger partial charge in [0.15, 0.2) is 11.5 Å². The number of benzene rings is 2. The Balaban J connectivity index is 1.59. The number of alkyl halides is 2. The third-order valence-electron chi connectivity index (χ3n) is 4.41. The van der Waals surface area contributed by atoms with Crippen LogP contribution >= 0.6 is 0 Å². The van der Waals surface area contributed by atoms with Crippen molar-refractivity contribution in [2.75, 3.05) is 12.4 Å². The topological polar surface area (TPSA) is 39.7 Å². The SMILES string of the molecule is COc1ccc(CNc2cc3c(c4c2CCC4)OC(F)(F)O3)cc1. The van der Waals surface area contributed by atoms with E-state index in [2.05, 4.69) is 14.8 Å². The zero-order valence-electron chi connectivity index (χ0n) is 13.2. The van der Waals surface area contributed by atoms with E-state index in [1.165, 1.54) is 0 Å². The molecule has 0 bridgehead atoms. The number of anilines is 1. The van der Waals surface area contributed by atoms with Crippen molar-refractivity contribution in [1.29, 1.82) is 0 Å². The Morgan fingerprint density at radius 2 is 1.88 bits per heavy atom.